The molecule has 7 heteroatoms. The van der Waals surface area contributed by atoms with Crippen LogP contribution in [0.3, 0.4) is 0 Å². The second-order valence-corrected chi connectivity index (χ2v) is 6.61. The highest BCUT2D eigenvalue weighted by Gasteiger charge is 2.24. The number of esters is 1. The highest BCUT2D eigenvalue weighted by molar-refractivity contribution is 5.84. The van der Waals surface area contributed by atoms with Crippen LogP contribution in [0.25, 0.3) is 0 Å². The number of hydrogen-bond donors (Lipinski definition) is 2. The number of hydrogen-bond acceptors (Lipinski definition) is 4. The maximum atomic E-state index is 11.8. The van der Waals surface area contributed by atoms with Gasteiger partial charge in [-0.1, -0.05) is 0 Å². The molecule has 0 aliphatic carbocycles. The van der Waals surface area contributed by atoms with Gasteiger partial charge in [-0.2, -0.15) is 0 Å². The van der Waals surface area contributed by atoms with Crippen molar-refractivity contribution >= 4 is 17.8 Å². The monoisotopic (exact) mass is 312 g/mol. The molecular weight excluding hydrogens is 284 g/mol. The number of carbonyl (C=O) groups is 2. The van der Waals surface area contributed by atoms with Crippen LogP contribution in [-0.4, -0.2) is 55.0 Å². The van der Waals surface area contributed by atoms with E-state index >= 15 is 0 Å². The highest BCUT2D eigenvalue weighted by Crippen LogP contribution is 2.19. The molecular formula is C15H28N4O3. The first-order chi connectivity index (χ1) is 10.2. The number of nitrogens with one attached hydrogen (secondary N) is 1. The molecule has 1 rings (SSSR count). The maximum absolute atomic E-state index is 11.8. The number of nitrogens with zero attached hydrogens (tertiary/aromatic N) is 2. The topological polar surface area (TPSA) is 97.0 Å². The summed E-state index contributed by atoms with van der Waals surface area (Å²) in [5.41, 5.74) is 4.77. The van der Waals surface area contributed by atoms with Crippen LogP contribution in [0.1, 0.15) is 40.0 Å². The van der Waals surface area contributed by atoms with E-state index in [2.05, 4.69) is 15.2 Å². The molecule has 0 bridgehead atoms. The van der Waals surface area contributed by atoms with Crippen molar-refractivity contribution in [1.29, 1.82) is 0 Å². The number of piperidine rings is 1. The molecule has 0 aromatic heterocycles. The first kappa shape index (κ1) is 18.3. The number of ether oxygens (including phenoxy) is 1. The van der Waals surface area contributed by atoms with Crippen LogP contribution in [0.2, 0.25) is 0 Å². The average Bonchev–Trinajstić information content (AvgIpc) is 2.37. The predicted octanol–water partition coefficient (Wildman–Crippen LogP) is 0.491. The molecule has 1 unspecified atom stereocenters. The Balaban J connectivity index is 2.50. The molecule has 0 aromatic rings. The fourth-order valence-corrected chi connectivity index (χ4v) is 2.57. The van der Waals surface area contributed by atoms with Crippen LogP contribution in [0.4, 0.5) is 0 Å². The van der Waals surface area contributed by atoms with Gasteiger partial charge in [0.15, 0.2) is 5.96 Å². The van der Waals surface area contributed by atoms with Crippen molar-refractivity contribution in [2.24, 2.45) is 16.6 Å². The van der Waals surface area contributed by atoms with E-state index in [-0.39, 0.29) is 24.3 Å². The molecule has 7 nitrogen and oxygen atoms in total. The summed E-state index contributed by atoms with van der Waals surface area (Å²) in [5, 5.41) is 3.02. The fraction of sp³-hybridized carbons (Fsp3) is 0.800. The van der Waals surface area contributed by atoms with Gasteiger partial charge in [-0.3, -0.25) is 14.6 Å². The number of nitrogens with two attached hydrogens (primary N) is 1. The van der Waals surface area contributed by atoms with E-state index < -0.39 is 5.60 Å². The third kappa shape index (κ3) is 6.78. The SMILES string of the molecule is CN=C(NCC(=O)OC(C)(C)C)N1CCCC(CC(N)=O)C1. The fourth-order valence-electron chi connectivity index (χ4n) is 2.57. The molecule has 22 heavy (non-hydrogen) atoms. The molecule has 1 aliphatic heterocycles. The van der Waals surface area contributed by atoms with Crippen molar-refractivity contribution in [3.8, 4) is 0 Å². The zero-order valence-corrected chi connectivity index (χ0v) is 14.0. The van der Waals surface area contributed by atoms with E-state index in [1.54, 1.807) is 7.05 Å². The minimum atomic E-state index is -0.500. The van der Waals surface area contributed by atoms with Gasteiger partial charge in [-0.05, 0) is 39.5 Å². The Morgan fingerprint density at radius 3 is 2.64 bits per heavy atom. The molecule has 0 spiro atoms. The Hall–Kier alpha value is -1.79. The van der Waals surface area contributed by atoms with Gasteiger partial charge in [0.25, 0.3) is 0 Å². The third-order valence-corrected chi connectivity index (χ3v) is 3.33. The molecule has 3 N–H and O–H groups in total. The Labute approximate surface area is 132 Å². The van der Waals surface area contributed by atoms with Crippen molar-refractivity contribution < 1.29 is 14.3 Å². The van der Waals surface area contributed by atoms with E-state index in [1.165, 1.54) is 0 Å². The Kier molecular flexibility index (Phi) is 6.64. The van der Waals surface area contributed by atoms with Crippen LogP contribution in [0.5, 0.6) is 0 Å². The summed E-state index contributed by atoms with van der Waals surface area (Å²) in [5.74, 6) is 0.300. The lowest BCUT2D eigenvalue weighted by Gasteiger charge is -2.34. The number of guanidine groups is 1. The first-order valence-corrected chi connectivity index (χ1v) is 7.67. The molecule has 1 amide bonds. The molecule has 126 valence electrons. The molecule has 0 saturated carbocycles. The van der Waals surface area contributed by atoms with Gasteiger partial charge in [-0.25, -0.2) is 0 Å². The van der Waals surface area contributed by atoms with Crippen molar-refractivity contribution in [2.45, 2.75) is 45.6 Å². The second kappa shape index (κ2) is 8.00. The summed E-state index contributed by atoms with van der Waals surface area (Å²) in [6, 6.07) is 0. The van der Waals surface area contributed by atoms with Crippen LogP contribution in [-0.2, 0) is 14.3 Å². The Morgan fingerprint density at radius 1 is 1.41 bits per heavy atom. The second-order valence-electron chi connectivity index (χ2n) is 6.61. The first-order valence-electron chi connectivity index (χ1n) is 7.67. The Morgan fingerprint density at radius 2 is 2.09 bits per heavy atom. The molecule has 1 atom stereocenters. The largest absolute Gasteiger partial charge is 0.459 e. The van der Waals surface area contributed by atoms with Crippen molar-refractivity contribution in [3.05, 3.63) is 0 Å². The quantitative estimate of drug-likeness (QED) is 0.447. The molecule has 0 aromatic carbocycles. The summed E-state index contributed by atoms with van der Waals surface area (Å²) in [4.78, 5) is 29.1. The van der Waals surface area contributed by atoms with E-state index in [4.69, 9.17) is 10.5 Å². The summed E-state index contributed by atoms with van der Waals surface area (Å²) in [6.07, 6.45) is 2.35. The van der Waals surface area contributed by atoms with E-state index in [9.17, 15) is 9.59 Å². The van der Waals surface area contributed by atoms with Gasteiger partial charge < -0.3 is 20.7 Å². The number of primary amides is 1. The van der Waals surface area contributed by atoms with Crippen molar-refractivity contribution in [3.63, 3.8) is 0 Å². The van der Waals surface area contributed by atoms with Crippen molar-refractivity contribution in [1.82, 2.24) is 10.2 Å². The van der Waals surface area contributed by atoms with Crippen LogP contribution in [0.15, 0.2) is 4.99 Å². The predicted molar refractivity (Wildman–Crippen MR) is 85.3 cm³/mol. The lowest BCUT2D eigenvalue weighted by Crippen LogP contribution is -2.48. The van der Waals surface area contributed by atoms with Gasteiger partial charge in [0.1, 0.15) is 12.1 Å². The number of amides is 1. The van der Waals surface area contributed by atoms with Gasteiger partial charge in [0.05, 0.1) is 0 Å². The molecule has 1 saturated heterocycles. The van der Waals surface area contributed by atoms with Crippen LogP contribution in [0, 0.1) is 5.92 Å². The lowest BCUT2D eigenvalue weighted by molar-refractivity contribution is -0.153. The van der Waals surface area contributed by atoms with Crippen LogP contribution >= 0.6 is 0 Å². The lowest BCUT2D eigenvalue weighted by atomic mass is 9.95. The van der Waals surface area contributed by atoms with E-state index in [0.29, 0.717) is 12.4 Å². The van der Waals surface area contributed by atoms with E-state index in [0.717, 1.165) is 25.9 Å². The Bertz CT molecular complexity index is 429. The van der Waals surface area contributed by atoms with E-state index in [1.807, 2.05) is 20.8 Å². The summed E-state index contributed by atoms with van der Waals surface area (Å²) in [6.45, 7) is 7.14. The highest BCUT2D eigenvalue weighted by atomic mass is 16.6. The summed E-state index contributed by atoms with van der Waals surface area (Å²) < 4.78 is 5.26. The molecule has 1 fully saturated rings. The standard InChI is InChI=1S/C15H28N4O3/c1-15(2,3)22-13(21)9-18-14(17-4)19-7-5-6-11(10-19)8-12(16)20/h11H,5-10H2,1-4H3,(H2,16,20)(H,17,18). The average molecular weight is 312 g/mol. The van der Waals surface area contributed by atoms with Gasteiger partial charge in [0.2, 0.25) is 5.91 Å². The zero-order chi connectivity index (χ0) is 16.8. The molecule has 1 aliphatic rings. The number of aliphatic imine (C=N–C) groups is 1. The summed E-state index contributed by atoms with van der Waals surface area (Å²) in [7, 11) is 1.68. The minimum Gasteiger partial charge on any atom is -0.459 e. The third-order valence-electron chi connectivity index (χ3n) is 3.33. The van der Waals surface area contributed by atoms with Gasteiger partial charge in [0, 0.05) is 26.6 Å². The van der Waals surface area contributed by atoms with Crippen molar-refractivity contribution in [2.75, 3.05) is 26.7 Å². The normalized spacial score (nSPS) is 19.7. The number of rotatable bonds is 4. The van der Waals surface area contributed by atoms with Gasteiger partial charge >= 0.3 is 5.97 Å². The van der Waals surface area contributed by atoms with Crippen LogP contribution < -0.4 is 11.1 Å². The number of carbonyl (C=O) groups excluding carboxylic acids is 2. The smallest absolute Gasteiger partial charge is 0.325 e. The maximum Gasteiger partial charge on any atom is 0.325 e. The number of likely N-dealkylation sites (tertiary alicyclic amines) is 1. The minimum absolute atomic E-state index is 0.0704. The molecule has 0 radical (unpaired) electrons. The summed E-state index contributed by atoms with van der Waals surface area (Å²) >= 11 is 0. The van der Waals surface area contributed by atoms with Gasteiger partial charge in [-0.15, -0.1) is 0 Å². The zero-order valence-electron chi connectivity index (χ0n) is 14.0. The molecule has 1 heterocycles.